The second-order valence-corrected chi connectivity index (χ2v) is 20.5. The Morgan fingerprint density at radius 3 is 1.44 bits per heavy atom. The normalized spacial score (nSPS) is 13.9. The van der Waals surface area contributed by atoms with Gasteiger partial charge in [-0.25, -0.2) is 0 Å². The average Bonchev–Trinajstić information content (AvgIpc) is 3.35. The van der Waals surface area contributed by atoms with E-state index in [-0.39, 0.29) is 74.2 Å². The monoisotopic (exact) mass is 1120 g/mol. The van der Waals surface area contributed by atoms with Crippen LogP contribution in [0.5, 0.6) is 0 Å². The molecule has 440 valence electrons. The number of hydrogen-bond donors (Lipinski definition) is 11. The van der Waals surface area contributed by atoms with E-state index in [1.54, 1.807) is 12.1 Å². The van der Waals surface area contributed by atoms with Crippen LogP contribution in [0.2, 0.25) is 0 Å². The summed E-state index contributed by atoms with van der Waals surface area (Å²) in [6.45, 7) is 7.56. The standard InChI is InChI=1S/C53H79N7O19/c1-30(61)32-11-9-31(10-12-32)25-40(41(63)8-6-24-79-29-36(62)28-35(53(2,3)4)7-5-23-57-52(55)56)60-50(77)34(14-19-45(68)69)27-42(64)38(16-21-47(72)73)58-49(76)33(13-18-44(66)67)26-43(65)39(17-22-48(74)75)59-51(78)37(54)15-20-46(70)71/h9-12,33-35,37-40H,5-8,13-29,54H2,1-4H3,(H,58,76)(H,59,78)(H,60,77)(H,66,67)(H,68,69)(H,70,71)(H,72,73)(H,74,75)(H4,55,56,57)/t33-,34-,35+,37+,38+,39+,40-/m0/s1. The molecule has 26 nitrogen and oxygen atoms in total. The van der Waals surface area contributed by atoms with Gasteiger partial charge in [0.2, 0.25) is 17.7 Å². The molecule has 0 aromatic heterocycles. The predicted octanol–water partition coefficient (Wildman–Crippen LogP) is 1.73. The summed E-state index contributed by atoms with van der Waals surface area (Å²) >= 11 is 0. The summed E-state index contributed by atoms with van der Waals surface area (Å²) in [4.78, 5) is 169. The minimum Gasteiger partial charge on any atom is -0.481 e. The number of carbonyl (C=O) groups is 13. The van der Waals surface area contributed by atoms with Gasteiger partial charge < -0.3 is 63.4 Å². The molecule has 0 unspecified atom stereocenters. The highest BCUT2D eigenvalue weighted by atomic mass is 16.5. The molecule has 7 atom stereocenters. The molecule has 0 saturated carbocycles. The number of carboxylic acid groups (broad SMARTS) is 5. The first kappa shape index (κ1) is 69.5. The fourth-order valence-electron chi connectivity index (χ4n) is 8.23. The van der Waals surface area contributed by atoms with Crippen molar-refractivity contribution in [3.8, 4) is 0 Å². The maximum Gasteiger partial charge on any atom is 0.303 e. The van der Waals surface area contributed by atoms with Crippen molar-refractivity contribution in [1.29, 1.82) is 0 Å². The van der Waals surface area contributed by atoms with Gasteiger partial charge in [0.15, 0.2) is 34.9 Å². The highest BCUT2D eigenvalue weighted by Gasteiger charge is 2.35. The lowest BCUT2D eigenvalue weighted by atomic mass is 9.75. The second kappa shape index (κ2) is 35.8. The van der Waals surface area contributed by atoms with Crippen LogP contribution in [0.25, 0.3) is 0 Å². The number of nitrogens with zero attached hydrogens (tertiary/aromatic N) is 1. The highest BCUT2D eigenvalue weighted by Crippen LogP contribution is 2.33. The van der Waals surface area contributed by atoms with Crippen LogP contribution in [0.15, 0.2) is 29.3 Å². The number of aliphatic carboxylic acids is 5. The van der Waals surface area contributed by atoms with Crippen LogP contribution in [0, 0.1) is 23.2 Å². The van der Waals surface area contributed by atoms with E-state index >= 15 is 0 Å². The number of aliphatic imine (C=N–C) groups is 1. The van der Waals surface area contributed by atoms with Crippen molar-refractivity contribution in [2.75, 3.05) is 19.8 Å². The third-order valence-electron chi connectivity index (χ3n) is 12.9. The van der Waals surface area contributed by atoms with Gasteiger partial charge >= 0.3 is 29.8 Å². The molecule has 0 heterocycles. The molecule has 79 heavy (non-hydrogen) atoms. The Labute approximate surface area is 457 Å². The topological polar surface area (TPSA) is 459 Å². The fourth-order valence-corrected chi connectivity index (χ4v) is 8.23. The lowest BCUT2D eigenvalue weighted by Gasteiger charge is -2.30. The summed E-state index contributed by atoms with van der Waals surface area (Å²) < 4.78 is 5.64. The zero-order valence-electron chi connectivity index (χ0n) is 45.3. The number of ether oxygens (including phenoxy) is 1. The molecule has 1 aromatic rings. The maximum absolute atomic E-state index is 14.2. The summed E-state index contributed by atoms with van der Waals surface area (Å²) in [6, 6.07) is 0.0578. The number of amides is 3. The number of Topliss-reactive ketones (excluding diaryl/α,β-unsaturated/α-hetero) is 5. The van der Waals surface area contributed by atoms with Gasteiger partial charge in [0.25, 0.3) is 0 Å². The average molecular weight is 1120 g/mol. The molecule has 0 saturated heterocycles. The van der Waals surface area contributed by atoms with E-state index < -0.39 is 172 Å². The Bertz CT molecular complexity index is 2330. The van der Waals surface area contributed by atoms with Gasteiger partial charge in [0.05, 0.1) is 24.2 Å². The van der Waals surface area contributed by atoms with E-state index in [0.29, 0.717) is 30.5 Å². The van der Waals surface area contributed by atoms with Crippen LogP contribution in [-0.4, -0.2) is 152 Å². The number of hydrogen-bond acceptors (Lipinski definition) is 16. The van der Waals surface area contributed by atoms with E-state index in [4.69, 9.17) is 27.0 Å². The van der Waals surface area contributed by atoms with Crippen LogP contribution in [0.4, 0.5) is 0 Å². The van der Waals surface area contributed by atoms with E-state index in [0.717, 1.165) is 0 Å². The van der Waals surface area contributed by atoms with Crippen molar-refractivity contribution in [3.05, 3.63) is 35.4 Å². The van der Waals surface area contributed by atoms with Crippen LogP contribution in [0.1, 0.15) is 153 Å². The van der Waals surface area contributed by atoms with Gasteiger partial charge in [-0.3, -0.25) is 67.3 Å². The van der Waals surface area contributed by atoms with Crippen molar-refractivity contribution in [3.63, 3.8) is 0 Å². The molecule has 0 aliphatic carbocycles. The Balaban J connectivity index is 3.45. The van der Waals surface area contributed by atoms with E-state index in [1.165, 1.54) is 19.1 Å². The molecule has 0 fully saturated rings. The number of nitrogens with one attached hydrogen (secondary N) is 3. The molecule has 0 radical (unpaired) electrons. The molecule has 14 N–H and O–H groups in total. The third-order valence-corrected chi connectivity index (χ3v) is 12.9. The highest BCUT2D eigenvalue weighted by molar-refractivity contribution is 5.97. The van der Waals surface area contributed by atoms with Crippen molar-refractivity contribution >= 4 is 82.4 Å². The van der Waals surface area contributed by atoms with Gasteiger partial charge in [-0.05, 0) is 81.6 Å². The Hall–Kier alpha value is -7.48. The maximum atomic E-state index is 14.2. The number of benzene rings is 1. The minimum absolute atomic E-state index is 0.00440. The summed E-state index contributed by atoms with van der Waals surface area (Å²) in [6.07, 6.45) is -6.22. The summed E-state index contributed by atoms with van der Waals surface area (Å²) in [5.74, 6) is -16.0. The molecule has 0 bridgehead atoms. The number of ketones is 5. The number of carbonyl (C=O) groups excluding carboxylic acids is 8. The number of carboxylic acids is 5. The van der Waals surface area contributed by atoms with E-state index in [1.807, 2.05) is 20.8 Å². The zero-order valence-corrected chi connectivity index (χ0v) is 45.3. The lowest BCUT2D eigenvalue weighted by molar-refractivity contribution is -0.141. The van der Waals surface area contributed by atoms with Gasteiger partial charge in [0, 0.05) is 88.3 Å². The van der Waals surface area contributed by atoms with Crippen molar-refractivity contribution < 1.29 is 92.6 Å². The molecular weight excluding hydrogens is 1040 g/mol. The number of rotatable bonds is 43. The summed E-state index contributed by atoms with van der Waals surface area (Å²) in [7, 11) is 0. The van der Waals surface area contributed by atoms with E-state index in [9.17, 15) is 82.8 Å². The smallest absolute Gasteiger partial charge is 0.303 e. The van der Waals surface area contributed by atoms with Gasteiger partial charge in [-0.1, -0.05) is 45.0 Å². The second-order valence-electron chi connectivity index (χ2n) is 20.5. The molecule has 0 spiro atoms. The first-order valence-electron chi connectivity index (χ1n) is 26.0. The van der Waals surface area contributed by atoms with Gasteiger partial charge in [0.1, 0.15) is 6.61 Å². The van der Waals surface area contributed by atoms with Crippen LogP contribution in [0.3, 0.4) is 0 Å². The molecule has 26 heteroatoms. The Kier molecular flexibility index (Phi) is 31.5. The van der Waals surface area contributed by atoms with Gasteiger partial charge in [-0.2, -0.15) is 0 Å². The molecule has 0 aliphatic heterocycles. The van der Waals surface area contributed by atoms with E-state index in [2.05, 4.69) is 20.9 Å². The van der Waals surface area contributed by atoms with Crippen molar-refractivity contribution in [2.45, 2.75) is 167 Å². The Morgan fingerprint density at radius 2 is 1.00 bits per heavy atom. The summed E-state index contributed by atoms with van der Waals surface area (Å²) in [5, 5.41) is 54.2. The predicted molar refractivity (Wildman–Crippen MR) is 282 cm³/mol. The van der Waals surface area contributed by atoms with Crippen molar-refractivity contribution in [2.24, 2.45) is 45.4 Å². The van der Waals surface area contributed by atoms with Gasteiger partial charge in [-0.15, -0.1) is 0 Å². The number of guanidine groups is 1. The molecule has 0 aliphatic rings. The first-order valence-corrected chi connectivity index (χ1v) is 26.0. The SMILES string of the molecule is CC(=O)c1ccc(C[C@H](NC(=O)[C@@H](CCC(=O)O)CC(=O)[C@@H](CCC(=O)O)NC(=O)[C@@H](CCC(=O)O)CC(=O)[C@@H](CCC(=O)O)NC(=O)[C@H](N)CCC(=O)O)C(=O)CCCOCC(=O)C[C@@H](CCCN=C(N)N)C(C)(C)C)cc1. The molecular formula is C53H79N7O19. The zero-order chi connectivity index (χ0) is 60.0. The third kappa shape index (κ3) is 30.3. The lowest BCUT2D eigenvalue weighted by Crippen LogP contribution is -2.50. The molecule has 1 rings (SSSR count). The van der Waals surface area contributed by atoms with Crippen LogP contribution >= 0.6 is 0 Å². The molecule has 1 aromatic carbocycles. The minimum atomic E-state index is -1.74. The quantitative estimate of drug-likeness (QED) is 0.0192. The largest absolute Gasteiger partial charge is 0.481 e. The molecule has 3 amide bonds. The fraction of sp³-hybridized carbons (Fsp3) is 0.623. The number of nitrogens with two attached hydrogens (primary N) is 3. The first-order chi connectivity index (χ1) is 36.9. The Morgan fingerprint density at radius 1 is 0.557 bits per heavy atom. The summed E-state index contributed by atoms with van der Waals surface area (Å²) in [5.41, 5.74) is 17.3. The van der Waals surface area contributed by atoms with Crippen LogP contribution in [-0.2, 0) is 68.7 Å². The van der Waals surface area contributed by atoms with Crippen molar-refractivity contribution in [1.82, 2.24) is 16.0 Å². The van der Waals surface area contributed by atoms with Crippen LogP contribution < -0.4 is 33.2 Å².